The van der Waals surface area contributed by atoms with Gasteiger partial charge in [-0.05, 0) is 24.0 Å². The largest absolute Gasteiger partial charge is 0.390 e. The first kappa shape index (κ1) is 14.6. The van der Waals surface area contributed by atoms with Crippen LogP contribution in [0, 0.1) is 0 Å². The van der Waals surface area contributed by atoms with Crippen molar-refractivity contribution in [3.8, 4) is 0 Å². The number of fused-ring (bicyclic) bond motifs is 1. The lowest BCUT2D eigenvalue weighted by Crippen LogP contribution is -2.45. The van der Waals surface area contributed by atoms with Crippen molar-refractivity contribution in [1.29, 1.82) is 0 Å². The summed E-state index contributed by atoms with van der Waals surface area (Å²) in [6, 6.07) is 9.53. The van der Waals surface area contributed by atoms with Gasteiger partial charge in [0.2, 0.25) is 5.91 Å². The molecular formula is C16H17N3O2S. The zero-order valence-electron chi connectivity index (χ0n) is 12.0. The molecule has 2 amide bonds. The van der Waals surface area contributed by atoms with E-state index in [1.54, 1.807) is 0 Å². The minimum absolute atomic E-state index is 0.350. The van der Waals surface area contributed by atoms with E-state index >= 15 is 0 Å². The van der Waals surface area contributed by atoms with Crippen LogP contribution in [-0.4, -0.2) is 11.8 Å². The van der Waals surface area contributed by atoms with E-state index in [2.05, 4.69) is 0 Å². The standard InChI is InChI=1S/C16H17N3O2S/c17-13(20)12-10-6-7-16(15(19)21,8-11(10)22-14(12)18)9-4-2-1-3-5-9/h1-5H,6-8,18H2,(H2,17,20)(H2,19,21). The molecule has 1 unspecified atom stereocenters. The molecule has 1 atom stereocenters. The zero-order chi connectivity index (χ0) is 15.9. The number of nitrogen functional groups attached to an aromatic ring is 1. The molecule has 2 aromatic rings. The predicted molar refractivity (Wildman–Crippen MR) is 86.6 cm³/mol. The lowest BCUT2D eigenvalue weighted by Gasteiger charge is -2.34. The maximum absolute atomic E-state index is 12.2. The first-order valence-corrected chi connectivity index (χ1v) is 7.82. The number of amides is 2. The molecule has 1 heterocycles. The van der Waals surface area contributed by atoms with Crippen LogP contribution in [0.5, 0.6) is 0 Å². The summed E-state index contributed by atoms with van der Waals surface area (Å²) in [7, 11) is 0. The number of thiophene rings is 1. The number of benzene rings is 1. The molecule has 0 spiro atoms. The quantitative estimate of drug-likeness (QED) is 0.794. The second-order valence-corrected chi connectivity index (χ2v) is 6.73. The molecule has 114 valence electrons. The highest BCUT2D eigenvalue weighted by Crippen LogP contribution is 2.44. The Morgan fingerprint density at radius 1 is 1.14 bits per heavy atom. The van der Waals surface area contributed by atoms with Crippen LogP contribution in [-0.2, 0) is 23.1 Å². The fraction of sp³-hybridized carbons (Fsp3) is 0.250. The van der Waals surface area contributed by atoms with Gasteiger partial charge in [-0.25, -0.2) is 0 Å². The molecule has 0 radical (unpaired) electrons. The van der Waals surface area contributed by atoms with Gasteiger partial charge in [0.15, 0.2) is 0 Å². The molecular weight excluding hydrogens is 298 g/mol. The van der Waals surface area contributed by atoms with E-state index in [0.717, 1.165) is 16.0 Å². The van der Waals surface area contributed by atoms with E-state index in [0.29, 0.717) is 29.8 Å². The van der Waals surface area contributed by atoms with Crippen LogP contribution in [0.3, 0.4) is 0 Å². The van der Waals surface area contributed by atoms with Gasteiger partial charge in [0.25, 0.3) is 5.91 Å². The second-order valence-electron chi connectivity index (χ2n) is 5.60. The van der Waals surface area contributed by atoms with E-state index in [4.69, 9.17) is 17.2 Å². The van der Waals surface area contributed by atoms with E-state index in [1.165, 1.54) is 11.3 Å². The van der Waals surface area contributed by atoms with Crippen molar-refractivity contribution in [2.75, 3.05) is 5.73 Å². The lowest BCUT2D eigenvalue weighted by atomic mass is 9.68. The molecule has 1 aromatic carbocycles. The van der Waals surface area contributed by atoms with Crippen molar-refractivity contribution in [2.45, 2.75) is 24.7 Å². The third-order valence-electron chi connectivity index (χ3n) is 4.43. The maximum atomic E-state index is 12.2. The molecule has 6 N–H and O–H groups in total. The number of hydrogen-bond donors (Lipinski definition) is 3. The maximum Gasteiger partial charge on any atom is 0.251 e. The second kappa shape index (κ2) is 5.14. The van der Waals surface area contributed by atoms with E-state index in [-0.39, 0.29) is 5.91 Å². The molecule has 1 aliphatic rings. The Hall–Kier alpha value is -2.34. The number of anilines is 1. The van der Waals surface area contributed by atoms with Crippen LogP contribution in [0.25, 0.3) is 0 Å². The Kier molecular flexibility index (Phi) is 3.41. The van der Waals surface area contributed by atoms with Crippen LogP contribution >= 0.6 is 11.3 Å². The fourth-order valence-electron chi connectivity index (χ4n) is 3.27. The third-order valence-corrected chi connectivity index (χ3v) is 5.49. The normalized spacial score (nSPS) is 20.4. The van der Waals surface area contributed by atoms with Gasteiger partial charge in [0.1, 0.15) is 0 Å². The van der Waals surface area contributed by atoms with Crippen molar-refractivity contribution in [3.63, 3.8) is 0 Å². The summed E-state index contributed by atoms with van der Waals surface area (Å²) in [6.07, 6.45) is 1.58. The summed E-state index contributed by atoms with van der Waals surface area (Å²) in [5.74, 6) is -0.863. The average Bonchev–Trinajstić information content (AvgIpc) is 2.82. The molecule has 0 fully saturated rings. The highest BCUT2D eigenvalue weighted by molar-refractivity contribution is 7.16. The van der Waals surface area contributed by atoms with E-state index in [9.17, 15) is 9.59 Å². The third kappa shape index (κ3) is 2.07. The van der Waals surface area contributed by atoms with Gasteiger partial charge in [0, 0.05) is 11.3 Å². The Bertz CT molecular complexity index is 754. The zero-order valence-corrected chi connectivity index (χ0v) is 12.8. The summed E-state index contributed by atoms with van der Waals surface area (Å²) in [5.41, 5.74) is 18.5. The Morgan fingerprint density at radius 3 is 2.41 bits per heavy atom. The molecule has 22 heavy (non-hydrogen) atoms. The van der Waals surface area contributed by atoms with Crippen LogP contribution < -0.4 is 17.2 Å². The Balaban J connectivity index is 2.10. The number of hydrogen-bond acceptors (Lipinski definition) is 4. The van der Waals surface area contributed by atoms with Gasteiger partial charge >= 0.3 is 0 Å². The summed E-state index contributed by atoms with van der Waals surface area (Å²) in [5, 5.41) is 0.422. The van der Waals surface area contributed by atoms with Crippen molar-refractivity contribution in [1.82, 2.24) is 0 Å². The van der Waals surface area contributed by atoms with E-state index < -0.39 is 11.3 Å². The molecule has 0 saturated carbocycles. The molecule has 0 aliphatic heterocycles. The summed E-state index contributed by atoms with van der Waals surface area (Å²) < 4.78 is 0. The highest BCUT2D eigenvalue weighted by atomic mass is 32.1. The first-order chi connectivity index (χ1) is 10.5. The minimum atomic E-state index is -0.750. The Morgan fingerprint density at radius 2 is 1.82 bits per heavy atom. The molecule has 1 aliphatic carbocycles. The van der Waals surface area contributed by atoms with Crippen LogP contribution in [0.4, 0.5) is 5.00 Å². The van der Waals surface area contributed by atoms with Gasteiger partial charge in [-0.15, -0.1) is 11.3 Å². The van der Waals surface area contributed by atoms with Crippen molar-refractivity contribution in [2.24, 2.45) is 11.5 Å². The van der Waals surface area contributed by atoms with Gasteiger partial charge in [-0.2, -0.15) is 0 Å². The highest BCUT2D eigenvalue weighted by Gasteiger charge is 2.43. The molecule has 3 rings (SSSR count). The number of carbonyl (C=O) groups excluding carboxylic acids is 2. The van der Waals surface area contributed by atoms with E-state index in [1.807, 2.05) is 30.3 Å². The number of carbonyl (C=O) groups is 2. The summed E-state index contributed by atoms with van der Waals surface area (Å²) in [6.45, 7) is 0. The van der Waals surface area contributed by atoms with Crippen LogP contribution in [0.15, 0.2) is 30.3 Å². The fourth-order valence-corrected chi connectivity index (χ4v) is 4.51. The van der Waals surface area contributed by atoms with Crippen molar-refractivity contribution < 1.29 is 9.59 Å². The first-order valence-electron chi connectivity index (χ1n) is 7.01. The smallest absolute Gasteiger partial charge is 0.251 e. The summed E-state index contributed by atoms with van der Waals surface area (Å²) in [4.78, 5) is 24.7. The van der Waals surface area contributed by atoms with Gasteiger partial charge in [0.05, 0.1) is 16.0 Å². The number of primary amides is 2. The summed E-state index contributed by atoms with van der Waals surface area (Å²) >= 11 is 1.33. The van der Waals surface area contributed by atoms with Crippen molar-refractivity contribution in [3.05, 3.63) is 51.9 Å². The van der Waals surface area contributed by atoms with Gasteiger partial charge in [-0.3, -0.25) is 9.59 Å². The SMILES string of the molecule is NC(=O)c1c(N)sc2c1CCC(C(N)=O)(c1ccccc1)C2. The number of rotatable bonds is 3. The minimum Gasteiger partial charge on any atom is -0.390 e. The number of nitrogens with two attached hydrogens (primary N) is 3. The molecule has 5 nitrogen and oxygen atoms in total. The van der Waals surface area contributed by atoms with Crippen molar-refractivity contribution >= 4 is 28.2 Å². The van der Waals surface area contributed by atoms with Gasteiger partial charge in [-0.1, -0.05) is 30.3 Å². The Labute approximate surface area is 132 Å². The lowest BCUT2D eigenvalue weighted by molar-refractivity contribution is -0.124. The van der Waals surface area contributed by atoms with Crippen LogP contribution in [0.1, 0.15) is 32.8 Å². The average molecular weight is 315 g/mol. The molecule has 1 aromatic heterocycles. The molecule has 0 saturated heterocycles. The van der Waals surface area contributed by atoms with Gasteiger partial charge < -0.3 is 17.2 Å². The topological polar surface area (TPSA) is 112 Å². The monoisotopic (exact) mass is 315 g/mol. The molecule has 0 bridgehead atoms. The predicted octanol–water partition coefficient (Wildman–Crippen LogP) is 1.34. The van der Waals surface area contributed by atoms with Crippen LogP contribution in [0.2, 0.25) is 0 Å². The molecule has 6 heteroatoms.